The molecule has 0 amide bonds. The second kappa shape index (κ2) is 6.89. The van der Waals surface area contributed by atoms with Crippen LogP contribution in [0.25, 0.3) is 0 Å². The van der Waals surface area contributed by atoms with Gasteiger partial charge in [0, 0.05) is 24.7 Å². The van der Waals surface area contributed by atoms with E-state index in [1.165, 1.54) is 5.69 Å². The minimum Gasteiger partial charge on any atom is -0.347 e. The molecule has 0 saturated carbocycles. The third kappa shape index (κ3) is 3.69. The van der Waals surface area contributed by atoms with Crippen molar-refractivity contribution in [3.8, 4) is 0 Å². The lowest BCUT2D eigenvalue weighted by atomic mass is 10.2. The SMILES string of the molecule is Cc1ccc(N2CCn3nc(CN(C)Cc4nccs4)cc3C2)nn1. The smallest absolute Gasteiger partial charge is 0.151 e. The molecule has 1 aliphatic heterocycles. The molecule has 130 valence electrons. The Bertz CT molecular complexity index is 825. The van der Waals surface area contributed by atoms with Crippen LogP contribution >= 0.6 is 11.3 Å². The Hall–Kier alpha value is -2.32. The number of hydrogen-bond acceptors (Lipinski definition) is 7. The van der Waals surface area contributed by atoms with Gasteiger partial charge in [0.05, 0.1) is 36.7 Å². The molecule has 0 radical (unpaired) electrons. The molecule has 0 saturated heterocycles. The van der Waals surface area contributed by atoms with Gasteiger partial charge in [0.2, 0.25) is 0 Å². The molecule has 3 aromatic rings. The first kappa shape index (κ1) is 16.2. The van der Waals surface area contributed by atoms with Crippen molar-refractivity contribution in [3.05, 3.63) is 51.9 Å². The van der Waals surface area contributed by atoms with Crippen molar-refractivity contribution in [2.24, 2.45) is 0 Å². The monoisotopic (exact) mass is 355 g/mol. The van der Waals surface area contributed by atoms with E-state index in [0.29, 0.717) is 0 Å². The molecule has 0 spiro atoms. The highest BCUT2D eigenvalue weighted by atomic mass is 32.1. The zero-order valence-corrected chi connectivity index (χ0v) is 15.3. The first-order valence-corrected chi connectivity index (χ1v) is 9.23. The summed E-state index contributed by atoms with van der Waals surface area (Å²) in [5.41, 5.74) is 3.27. The first-order valence-electron chi connectivity index (χ1n) is 8.35. The van der Waals surface area contributed by atoms with E-state index in [9.17, 15) is 0 Å². The summed E-state index contributed by atoms with van der Waals surface area (Å²) in [4.78, 5) is 8.85. The Morgan fingerprint density at radius 2 is 2.12 bits per heavy atom. The number of nitrogens with zero attached hydrogens (tertiary/aromatic N) is 7. The molecule has 0 N–H and O–H groups in total. The van der Waals surface area contributed by atoms with Crippen LogP contribution in [0.15, 0.2) is 29.8 Å². The summed E-state index contributed by atoms with van der Waals surface area (Å²) in [5.74, 6) is 0.931. The van der Waals surface area contributed by atoms with Gasteiger partial charge in [-0.3, -0.25) is 9.58 Å². The van der Waals surface area contributed by atoms with Crippen LogP contribution < -0.4 is 4.90 Å². The molecular weight excluding hydrogens is 334 g/mol. The fraction of sp³-hybridized carbons (Fsp3) is 0.412. The lowest BCUT2D eigenvalue weighted by molar-refractivity contribution is 0.313. The van der Waals surface area contributed by atoms with Crippen molar-refractivity contribution < 1.29 is 0 Å². The maximum atomic E-state index is 4.76. The van der Waals surface area contributed by atoms with E-state index >= 15 is 0 Å². The third-order valence-corrected chi connectivity index (χ3v) is 5.04. The van der Waals surface area contributed by atoms with Gasteiger partial charge in [-0.1, -0.05) is 0 Å². The summed E-state index contributed by atoms with van der Waals surface area (Å²) in [6, 6.07) is 6.25. The number of anilines is 1. The molecule has 3 aromatic heterocycles. The Balaban J connectivity index is 1.42. The predicted octanol–water partition coefficient (Wildman–Crippen LogP) is 2.09. The van der Waals surface area contributed by atoms with E-state index < -0.39 is 0 Å². The number of aromatic nitrogens is 5. The van der Waals surface area contributed by atoms with Gasteiger partial charge in [-0.15, -0.1) is 16.4 Å². The molecule has 7 nitrogen and oxygen atoms in total. The molecule has 0 aromatic carbocycles. The summed E-state index contributed by atoms with van der Waals surface area (Å²) in [7, 11) is 2.11. The zero-order chi connectivity index (χ0) is 17.2. The van der Waals surface area contributed by atoms with Crippen molar-refractivity contribution in [3.63, 3.8) is 0 Å². The Morgan fingerprint density at radius 1 is 1.20 bits per heavy atom. The van der Waals surface area contributed by atoms with Crippen molar-refractivity contribution in [2.75, 3.05) is 18.5 Å². The second-order valence-electron chi connectivity index (χ2n) is 6.40. The quantitative estimate of drug-likeness (QED) is 0.698. The van der Waals surface area contributed by atoms with E-state index in [2.05, 4.69) is 42.8 Å². The van der Waals surface area contributed by atoms with Crippen LogP contribution in [-0.2, 0) is 26.2 Å². The highest BCUT2D eigenvalue weighted by molar-refractivity contribution is 7.09. The first-order chi connectivity index (χ1) is 12.2. The summed E-state index contributed by atoms with van der Waals surface area (Å²) < 4.78 is 2.12. The third-order valence-electron chi connectivity index (χ3n) is 4.28. The topological polar surface area (TPSA) is 63.0 Å². The van der Waals surface area contributed by atoms with E-state index in [4.69, 9.17) is 5.10 Å². The van der Waals surface area contributed by atoms with E-state index in [1.54, 1.807) is 11.3 Å². The molecule has 1 aliphatic rings. The molecule has 4 heterocycles. The fourth-order valence-corrected chi connectivity index (χ4v) is 3.75. The van der Waals surface area contributed by atoms with Gasteiger partial charge in [-0.2, -0.15) is 10.2 Å². The van der Waals surface area contributed by atoms with Crippen LogP contribution in [0.1, 0.15) is 22.1 Å². The van der Waals surface area contributed by atoms with Gasteiger partial charge >= 0.3 is 0 Å². The summed E-state index contributed by atoms with van der Waals surface area (Å²) in [6.45, 7) is 6.23. The zero-order valence-electron chi connectivity index (χ0n) is 14.5. The molecule has 0 bridgehead atoms. The van der Waals surface area contributed by atoms with Crippen molar-refractivity contribution in [2.45, 2.75) is 33.1 Å². The van der Waals surface area contributed by atoms with Gasteiger partial charge < -0.3 is 4.90 Å². The summed E-state index contributed by atoms with van der Waals surface area (Å²) in [5, 5.41) is 16.4. The normalized spacial score (nSPS) is 14.1. The maximum Gasteiger partial charge on any atom is 0.151 e. The molecule has 0 unspecified atom stereocenters. The molecule has 0 aliphatic carbocycles. The minimum absolute atomic E-state index is 0.820. The van der Waals surface area contributed by atoms with Crippen LogP contribution in [0.3, 0.4) is 0 Å². The van der Waals surface area contributed by atoms with Crippen LogP contribution in [0.4, 0.5) is 5.82 Å². The number of hydrogen-bond donors (Lipinski definition) is 0. The van der Waals surface area contributed by atoms with Crippen LogP contribution in [-0.4, -0.2) is 43.5 Å². The highest BCUT2D eigenvalue weighted by Crippen LogP contribution is 2.20. The number of rotatable bonds is 5. The second-order valence-corrected chi connectivity index (χ2v) is 7.38. The van der Waals surface area contributed by atoms with Crippen LogP contribution in [0.2, 0.25) is 0 Å². The van der Waals surface area contributed by atoms with Gasteiger partial charge in [0.15, 0.2) is 5.82 Å². The number of thiazole rings is 1. The molecule has 25 heavy (non-hydrogen) atoms. The Morgan fingerprint density at radius 3 is 2.88 bits per heavy atom. The highest BCUT2D eigenvalue weighted by Gasteiger charge is 2.20. The predicted molar refractivity (Wildman–Crippen MR) is 97.3 cm³/mol. The molecule has 8 heteroatoms. The molecular formula is C17H21N7S. The van der Waals surface area contributed by atoms with Gasteiger partial charge in [-0.25, -0.2) is 4.98 Å². The van der Waals surface area contributed by atoms with E-state index in [-0.39, 0.29) is 0 Å². The van der Waals surface area contributed by atoms with Crippen LogP contribution in [0, 0.1) is 6.92 Å². The van der Waals surface area contributed by atoms with Gasteiger partial charge in [0.25, 0.3) is 0 Å². The largest absolute Gasteiger partial charge is 0.347 e. The summed E-state index contributed by atoms with van der Waals surface area (Å²) >= 11 is 1.69. The van der Waals surface area contributed by atoms with Crippen molar-refractivity contribution in [1.29, 1.82) is 0 Å². The average molecular weight is 355 g/mol. The fourth-order valence-electron chi connectivity index (χ4n) is 3.05. The molecule has 4 rings (SSSR count). The lowest BCUT2D eigenvalue weighted by Gasteiger charge is -2.28. The van der Waals surface area contributed by atoms with Crippen LogP contribution in [0.5, 0.6) is 0 Å². The summed E-state index contributed by atoms with van der Waals surface area (Å²) in [6.07, 6.45) is 1.85. The van der Waals surface area contributed by atoms with Gasteiger partial charge in [-0.05, 0) is 32.2 Å². The maximum absolute atomic E-state index is 4.76. The van der Waals surface area contributed by atoms with E-state index in [1.807, 2.05) is 30.6 Å². The van der Waals surface area contributed by atoms with Crippen molar-refractivity contribution >= 4 is 17.2 Å². The Labute approximate surface area is 150 Å². The molecule has 0 fully saturated rings. The lowest BCUT2D eigenvalue weighted by Crippen LogP contribution is -2.34. The van der Waals surface area contributed by atoms with Gasteiger partial charge in [0.1, 0.15) is 5.01 Å². The molecule has 0 atom stereocenters. The standard InChI is InChI=1S/C17H21N7S/c1-13-3-4-16(20-19-13)23-6-7-24-15(11-23)9-14(21-24)10-22(2)12-17-18-5-8-25-17/h3-5,8-9H,6-7,10-12H2,1-2H3. The average Bonchev–Trinajstić information content (AvgIpc) is 3.23. The Kier molecular flexibility index (Phi) is 4.46. The van der Waals surface area contributed by atoms with E-state index in [0.717, 1.165) is 54.9 Å². The number of fused-ring (bicyclic) bond motifs is 1. The van der Waals surface area contributed by atoms with Crippen molar-refractivity contribution in [1.82, 2.24) is 29.9 Å². The minimum atomic E-state index is 0.820. The number of aryl methyl sites for hydroxylation is 1.